The summed E-state index contributed by atoms with van der Waals surface area (Å²) in [7, 11) is 0. The molecule has 0 fully saturated rings. The largest absolute Gasteiger partial charge is 0.490 e. The number of hydrogen-bond acceptors (Lipinski definition) is 4. The third-order valence-corrected chi connectivity index (χ3v) is 4.46. The lowest BCUT2D eigenvalue weighted by Crippen LogP contribution is -2.41. The van der Waals surface area contributed by atoms with Crippen molar-refractivity contribution in [1.29, 1.82) is 0 Å². The Kier molecular flexibility index (Phi) is 9.84. The first-order valence-electron chi connectivity index (χ1n) is 10.6. The number of halogens is 3. The molecule has 10 heteroatoms. The number of urea groups is 1. The minimum absolute atomic E-state index is 0.430. The SMILES string of the molecule is CCCOc1ccc(C(C)NC(=O)NCC(=O)Nc2ccc(F)c(F)c2F)cc1OCCC. The van der Waals surface area contributed by atoms with Crippen molar-refractivity contribution in [2.24, 2.45) is 0 Å². The van der Waals surface area contributed by atoms with Crippen LogP contribution in [0.15, 0.2) is 30.3 Å². The van der Waals surface area contributed by atoms with Crippen LogP contribution in [0.3, 0.4) is 0 Å². The van der Waals surface area contributed by atoms with Crippen molar-refractivity contribution in [3.05, 3.63) is 53.3 Å². The number of benzene rings is 2. The molecule has 33 heavy (non-hydrogen) atoms. The van der Waals surface area contributed by atoms with Crippen LogP contribution in [0.25, 0.3) is 0 Å². The van der Waals surface area contributed by atoms with Gasteiger partial charge in [-0.1, -0.05) is 19.9 Å². The zero-order chi connectivity index (χ0) is 24.4. The third kappa shape index (κ3) is 7.58. The minimum atomic E-state index is -1.69. The zero-order valence-electron chi connectivity index (χ0n) is 18.8. The molecule has 2 aromatic rings. The van der Waals surface area contributed by atoms with Crippen LogP contribution in [0, 0.1) is 17.5 Å². The van der Waals surface area contributed by atoms with Crippen LogP contribution < -0.4 is 25.4 Å². The van der Waals surface area contributed by atoms with Crippen molar-refractivity contribution in [1.82, 2.24) is 10.6 Å². The second-order valence-electron chi connectivity index (χ2n) is 7.22. The molecule has 3 amide bonds. The van der Waals surface area contributed by atoms with Gasteiger partial charge in [-0.15, -0.1) is 0 Å². The molecule has 0 spiro atoms. The molecule has 0 aliphatic carbocycles. The monoisotopic (exact) mass is 467 g/mol. The second-order valence-corrected chi connectivity index (χ2v) is 7.22. The summed E-state index contributed by atoms with van der Waals surface area (Å²) in [6, 6.07) is 5.85. The van der Waals surface area contributed by atoms with E-state index in [0.29, 0.717) is 30.8 Å². The molecular weight excluding hydrogens is 439 g/mol. The maximum atomic E-state index is 13.6. The summed E-state index contributed by atoms with van der Waals surface area (Å²) < 4.78 is 51.3. The lowest BCUT2D eigenvalue weighted by molar-refractivity contribution is -0.115. The summed E-state index contributed by atoms with van der Waals surface area (Å²) >= 11 is 0. The number of anilines is 1. The van der Waals surface area contributed by atoms with Crippen molar-refractivity contribution in [3.63, 3.8) is 0 Å². The van der Waals surface area contributed by atoms with E-state index >= 15 is 0 Å². The molecule has 2 aromatic carbocycles. The Labute approximate surface area is 190 Å². The fourth-order valence-corrected chi connectivity index (χ4v) is 2.76. The van der Waals surface area contributed by atoms with Gasteiger partial charge in [-0.2, -0.15) is 0 Å². The Balaban J connectivity index is 1.92. The van der Waals surface area contributed by atoms with Gasteiger partial charge in [0.05, 0.1) is 31.5 Å². The molecule has 1 atom stereocenters. The maximum Gasteiger partial charge on any atom is 0.315 e. The van der Waals surface area contributed by atoms with Crippen LogP contribution in [-0.4, -0.2) is 31.7 Å². The lowest BCUT2D eigenvalue weighted by atomic mass is 10.1. The molecule has 0 saturated heterocycles. The molecule has 0 saturated carbocycles. The van der Waals surface area contributed by atoms with Gasteiger partial charge in [0.15, 0.2) is 29.0 Å². The Morgan fingerprint density at radius 2 is 1.61 bits per heavy atom. The Morgan fingerprint density at radius 3 is 2.27 bits per heavy atom. The molecule has 0 bridgehead atoms. The van der Waals surface area contributed by atoms with Gasteiger partial charge in [0.2, 0.25) is 5.91 Å². The van der Waals surface area contributed by atoms with E-state index in [1.807, 2.05) is 13.8 Å². The van der Waals surface area contributed by atoms with Gasteiger partial charge in [-0.25, -0.2) is 18.0 Å². The number of amides is 3. The molecular formula is C23H28F3N3O4. The maximum absolute atomic E-state index is 13.6. The van der Waals surface area contributed by atoms with Crippen LogP contribution in [0.5, 0.6) is 11.5 Å². The van der Waals surface area contributed by atoms with E-state index in [9.17, 15) is 22.8 Å². The van der Waals surface area contributed by atoms with E-state index < -0.39 is 47.7 Å². The molecule has 1 unspecified atom stereocenters. The number of carbonyl (C=O) groups excluding carboxylic acids is 2. The van der Waals surface area contributed by atoms with E-state index in [0.717, 1.165) is 24.5 Å². The zero-order valence-corrected chi connectivity index (χ0v) is 18.8. The fourth-order valence-electron chi connectivity index (χ4n) is 2.76. The van der Waals surface area contributed by atoms with Crippen LogP contribution in [-0.2, 0) is 4.79 Å². The van der Waals surface area contributed by atoms with Crippen LogP contribution >= 0.6 is 0 Å². The number of carbonyl (C=O) groups is 2. The molecule has 0 heterocycles. The summed E-state index contributed by atoms with van der Waals surface area (Å²) in [6.07, 6.45) is 1.67. The average molecular weight is 467 g/mol. The van der Waals surface area contributed by atoms with Crippen LogP contribution in [0.1, 0.15) is 45.2 Å². The van der Waals surface area contributed by atoms with Gasteiger partial charge in [0.1, 0.15) is 0 Å². The normalized spacial score (nSPS) is 11.5. The molecule has 180 valence electrons. The second kappa shape index (κ2) is 12.6. The Bertz CT molecular complexity index is 972. The van der Waals surface area contributed by atoms with Crippen molar-refractivity contribution in [3.8, 4) is 11.5 Å². The fraction of sp³-hybridized carbons (Fsp3) is 0.391. The minimum Gasteiger partial charge on any atom is -0.490 e. The summed E-state index contributed by atoms with van der Waals surface area (Å²) in [4.78, 5) is 24.1. The highest BCUT2D eigenvalue weighted by Gasteiger charge is 2.17. The van der Waals surface area contributed by atoms with Crippen molar-refractivity contribution in [2.75, 3.05) is 25.1 Å². The first-order valence-corrected chi connectivity index (χ1v) is 10.6. The molecule has 7 nitrogen and oxygen atoms in total. The molecule has 2 rings (SSSR count). The van der Waals surface area contributed by atoms with Crippen molar-refractivity contribution >= 4 is 17.6 Å². The number of ether oxygens (including phenoxy) is 2. The van der Waals surface area contributed by atoms with Gasteiger partial charge in [0, 0.05) is 0 Å². The molecule has 3 N–H and O–H groups in total. The summed E-state index contributed by atoms with van der Waals surface area (Å²) in [5, 5.41) is 7.08. The quantitative estimate of drug-likeness (QED) is 0.419. The van der Waals surface area contributed by atoms with Crippen LogP contribution in [0.4, 0.5) is 23.7 Å². The Hall–Kier alpha value is -3.43. The van der Waals surface area contributed by atoms with Crippen molar-refractivity contribution < 1.29 is 32.2 Å². The lowest BCUT2D eigenvalue weighted by Gasteiger charge is -2.18. The molecule has 0 radical (unpaired) electrons. The molecule has 0 aliphatic rings. The topological polar surface area (TPSA) is 88.7 Å². The summed E-state index contributed by atoms with van der Waals surface area (Å²) in [6.45, 7) is 6.30. The third-order valence-electron chi connectivity index (χ3n) is 4.46. The standard InChI is InChI=1S/C23H28F3N3O4/c1-4-10-32-18-9-6-15(12-19(18)33-11-5-2)14(3)28-23(31)27-13-20(30)29-17-8-7-16(24)21(25)22(17)26/h6-9,12,14H,4-5,10-11,13H2,1-3H3,(H,29,30)(H2,27,28,31). The van der Waals surface area contributed by atoms with E-state index in [-0.39, 0.29) is 0 Å². The Morgan fingerprint density at radius 1 is 0.939 bits per heavy atom. The highest BCUT2D eigenvalue weighted by Crippen LogP contribution is 2.31. The first-order chi connectivity index (χ1) is 15.8. The van der Waals surface area contributed by atoms with Gasteiger partial charge >= 0.3 is 6.03 Å². The van der Waals surface area contributed by atoms with Gasteiger partial charge < -0.3 is 25.4 Å². The average Bonchev–Trinajstić information content (AvgIpc) is 2.80. The van der Waals surface area contributed by atoms with Gasteiger partial charge in [0.25, 0.3) is 0 Å². The smallest absolute Gasteiger partial charge is 0.315 e. The van der Waals surface area contributed by atoms with Gasteiger partial charge in [-0.05, 0) is 49.6 Å². The van der Waals surface area contributed by atoms with E-state index in [1.165, 1.54) is 0 Å². The van der Waals surface area contributed by atoms with Gasteiger partial charge in [-0.3, -0.25) is 4.79 Å². The van der Waals surface area contributed by atoms with Crippen molar-refractivity contribution in [2.45, 2.75) is 39.7 Å². The first kappa shape index (κ1) is 25.8. The number of nitrogens with one attached hydrogen (secondary N) is 3. The molecule has 0 aliphatic heterocycles. The summed E-state index contributed by atoms with van der Waals surface area (Å²) in [5.41, 5.74) is 0.230. The van der Waals surface area contributed by atoms with E-state index in [2.05, 4.69) is 16.0 Å². The van der Waals surface area contributed by atoms with E-state index in [1.54, 1.807) is 25.1 Å². The number of hydrogen-bond donors (Lipinski definition) is 3. The predicted molar refractivity (Wildman–Crippen MR) is 118 cm³/mol. The van der Waals surface area contributed by atoms with Crippen LogP contribution in [0.2, 0.25) is 0 Å². The highest BCUT2D eigenvalue weighted by atomic mass is 19.2. The predicted octanol–water partition coefficient (Wildman–Crippen LogP) is 4.68. The number of rotatable bonds is 11. The highest BCUT2D eigenvalue weighted by molar-refractivity contribution is 5.94. The molecule has 0 aromatic heterocycles. The van der Waals surface area contributed by atoms with E-state index in [4.69, 9.17) is 9.47 Å². The summed E-state index contributed by atoms with van der Waals surface area (Å²) in [5.74, 6) is -4.20.